The van der Waals surface area contributed by atoms with Crippen LogP contribution in [0.1, 0.15) is 19.4 Å². The molecule has 1 N–H and O–H groups in total. The highest BCUT2D eigenvalue weighted by Crippen LogP contribution is 2.33. The summed E-state index contributed by atoms with van der Waals surface area (Å²) in [6.45, 7) is 2.18. The van der Waals surface area contributed by atoms with Crippen LogP contribution in [0.25, 0.3) is 5.69 Å². The highest BCUT2D eigenvalue weighted by Gasteiger charge is 2.46. The van der Waals surface area contributed by atoms with E-state index in [0.717, 1.165) is 23.1 Å². The lowest BCUT2D eigenvalue weighted by Gasteiger charge is -2.19. The molecule has 0 bridgehead atoms. The minimum absolute atomic E-state index is 0.0767. The standard InChI is InChI=1S/C17H15F3N6O4/c1-9(2)26-15(29)14(28)24(16(26)30)6-13(27)23-11-5-10(17(18,19)20)3-4-12(11)25-8-21-7-22-25/h3-5,7-9H,6H2,1-2H3,(H,23,27). The highest BCUT2D eigenvalue weighted by atomic mass is 19.4. The number of nitrogens with one attached hydrogen (secondary N) is 1. The number of anilines is 1. The van der Waals surface area contributed by atoms with Crippen LogP contribution in [0.15, 0.2) is 30.9 Å². The molecule has 0 radical (unpaired) electrons. The van der Waals surface area contributed by atoms with Crippen LogP contribution in [0.2, 0.25) is 0 Å². The fourth-order valence-corrected chi connectivity index (χ4v) is 2.80. The van der Waals surface area contributed by atoms with Gasteiger partial charge >= 0.3 is 24.0 Å². The van der Waals surface area contributed by atoms with Gasteiger partial charge in [-0.15, -0.1) is 0 Å². The molecule has 3 rings (SSSR count). The molecule has 0 unspecified atom stereocenters. The van der Waals surface area contributed by atoms with Crippen molar-refractivity contribution >= 4 is 29.4 Å². The van der Waals surface area contributed by atoms with Gasteiger partial charge in [0, 0.05) is 6.04 Å². The van der Waals surface area contributed by atoms with E-state index in [2.05, 4.69) is 15.4 Å². The Kier molecular flexibility index (Phi) is 5.29. The van der Waals surface area contributed by atoms with Crippen molar-refractivity contribution in [2.24, 2.45) is 0 Å². The van der Waals surface area contributed by atoms with E-state index in [1.165, 1.54) is 20.2 Å². The van der Waals surface area contributed by atoms with Crippen molar-refractivity contribution in [2.75, 3.05) is 11.9 Å². The molecule has 10 nitrogen and oxygen atoms in total. The van der Waals surface area contributed by atoms with Crippen LogP contribution in [0.5, 0.6) is 0 Å². The lowest BCUT2D eigenvalue weighted by molar-refractivity contribution is -0.144. The van der Waals surface area contributed by atoms with Gasteiger partial charge in [-0.3, -0.25) is 19.3 Å². The van der Waals surface area contributed by atoms with Crippen LogP contribution in [0.4, 0.5) is 23.7 Å². The molecule has 1 aliphatic heterocycles. The van der Waals surface area contributed by atoms with E-state index >= 15 is 0 Å². The molecule has 0 atom stereocenters. The number of alkyl halides is 3. The molecule has 158 valence electrons. The molecule has 5 amide bonds. The Bertz CT molecular complexity index is 1020. The number of amides is 5. The van der Waals surface area contributed by atoms with E-state index in [1.807, 2.05) is 0 Å². The molecule has 0 spiro atoms. The lowest BCUT2D eigenvalue weighted by Crippen LogP contribution is -2.40. The summed E-state index contributed by atoms with van der Waals surface area (Å²) in [6.07, 6.45) is -2.31. The summed E-state index contributed by atoms with van der Waals surface area (Å²) in [5.41, 5.74) is -1.23. The van der Waals surface area contributed by atoms with Gasteiger partial charge in [0.2, 0.25) is 5.91 Å². The average Bonchev–Trinajstić information content (AvgIpc) is 3.24. The van der Waals surface area contributed by atoms with Crippen molar-refractivity contribution < 1.29 is 32.3 Å². The maximum Gasteiger partial charge on any atom is 0.416 e. The zero-order valence-corrected chi connectivity index (χ0v) is 15.7. The molecule has 1 aromatic carbocycles. The number of carbonyl (C=O) groups excluding carboxylic acids is 4. The van der Waals surface area contributed by atoms with Gasteiger partial charge in [0.25, 0.3) is 0 Å². The Hall–Kier alpha value is -3.77. The number of nitrogens with zero attached hydrogens (tertiary/aromatic N) is 5. The second-order valence-corrected chi connectivity index (χ2v) is 6.56. The van der Waals surface area contributed by atoms with E-state index in [9.17, 15) is 32.3 Å². The third kappa shape index (κ3) is 3.86. The van der Waals surface area contributed by atoms with Gasteiger partial charge in [-0.2, -0.15) is 18.3 Å². The summed E-state index contributed by atoms with van der Waals surface area (Å²) in [5.74, 6) is -3.25. The monoisotopic (exact) mass is 424 g/mol. The molecule has 2 heterocycles. The van der Waals surface area contributed by atoms with Crippen LogP contribution in [0, 0.1) is 0 Å². The zero-order valence-electron chi connectivity index (χ0n) is 15.7. The summed E-state index contributed by atoms with van der Waals surface area (Å²) in [6, 6.07) is 0.997. The Morgan fingerprint density at radius 3 is 2.40 bits per heavy atom. The molecule has 1 fully saturated rings. The number of urea groups is 1. The van der Waals surface area contributed by atoms with Crippen molar-refractivity contribution in [3.63, 3.8) is 0 Å². The van der Waals surface area contributed by atoms with Crippen molar-refractivity contribution in [1.29, 1.82) is 0 Å². The quantitative estimate of drug-likeness (QED) is 0.573. The minimum Gasteiger partial charge on any atom is -0.323 e. The fourth-order valence-electron chi connectivity index (χ4n) is 2.80. The summed E-state index contributed by atoms with van der Waals surface area (Å²) in [5, 5.41) is 6.05. The number of halogens is 3. The topological polar surface area (TPSA) is 118 Å². The molecular weight excluding hydrogens is 409 g/mol. The molecule has 1 aromatic heterocycles. The third-order valence-electron chi connectivity index (χ3n) is 4.17. The number of benzene rings is 1. The smallest absolute Gasteiger partial charge is 0.323 e. The lowest BCUT2D eigenvalue weighted by atomic mass is 10.1. The first-order valence-electron chi connectivity index (χ1n) is 8.55. The number of hydrogen-bond acceptors (Lipinski definition) is 6. The maximum atomic E-state index is 13.1. The second-order valence-electron chi connectivity index (χ2n) is 6.56. The normalized spacial score (nSPS) is 14.8. The van der Waals surface area contributed by atoms with Crippen molar-refractivity contribution in [2.45, 2.75) is 26.1 Å². The number of imide groups is 2. The first kappa shape index (κ1) is 21.0. The maximum absolute atomic E-state index is 13.1. The third-order valence-corrected chi connectivity index (χ3v) is 4.17. The first-order valence-corrected chi connectivity index (χ1v) is 8.55. The van der Waals surface area contributed by atoms with Gasteiger partial charge in [-0.05, 0) is 32.0 Å². The Morgan fingerprint density at radius 1 is 1.17 bits per heavy atom. The van der Waals surface area contributed by atoms with Crippen LogP contribution in [-0.4, -0.2) is 60.9 Å². The van der Waals surface area contributed by atoms with E-state index in [0.29, 0.717) is 15.9 Å². The molecule has 1 saturated heterocycles. The minimum atomic E-state index is -4.68. The van der Waals surface area contributed by atoms with Gasteiger partial charge in [-0.25, -0.2) is 19.4 Å². The molecule has 0 aliphatic carbocycles. The van der Waals surface area contributed by atoms with Gasteiger partial charge in [0.15, 0.2) is 0 Å². The number of rotatable bonds is 5. The molecule has 1 aliphatic rings. The summed E-state index contributed by atoms with van der Waals surface area (Å²) in [4.78, 5) is 53.4. The predicted molar refractivity (Wildman–Crippen MR) is 94.1 cm³/mol. The molecule has 2 aromatic rings. The number of carbonyl (C=O) groups is 4. The molecule has 30 heavy (non-hydrogen) atoms. The van der Waals surface area contributed by atoms with Crippen molar-refractivity contribution in [3.05, 3.63) is 36.4 Å². The predicted octanol–water partition coefficient (Wildman–Crippen LogP) is 1.42. The highest BCUT2D eigenvalue weighted by molar-refractivity contribution is 6.45. The van der Waals surface area contributed by atoms with E-state index < -0.39 is 48.1 Å². The van der Waals surface area contributed by atoms with E-state index in [-0.39, 0.29) is 11.4 Å². The summed E-state index contributed by atoms with van der Waals surface area (Å²) < 4.78 is 40.4. The Labute approximate surface area is 167 Å². The van der Waals surface area contributed by atoms with E-state index in [4.69, 9.17) is 0 Å². The SMILES string of the molecule is CC(C)N1C(=O)C(=O)N(CC(=O)Nc2cc(C(F)(F)F)ccc2-n2cncn2)C1=O. The average molecular weight is 424 g/mol. The van der Waals surface area contributed by atoms with Crippen LogP contribution in [-0.2, 0) is 20.6 Å². The summed E-state index contributed by atoms with van der Waals surface area (Å²) in [7, 11) is 0. The van der Waals surface area contributed by atoms with Gasteiger partial charge in [-0.1, -0.05) is 0 Å². The van der Waals surface area contributed by atoms with Gasteiger partial charge < -0.3 is 5.32 Å². The van der Waals surface area contributed by atoms with Gasteiger partial charge in [0.05, 0.1) is 16.9 Å². The molecule has 13 heteroatoms. The number of aromatic nitrogens is 3. The van der Waals surface area contributed by atoms with Crippen molar-refractivity contribution in [3.8, 4) is 5.69 Å². The second kappa shape index (κ2) is 7.57. The van der Waals surface area contributed by atoms with Gasteiger partial charge in [0.1, 0.15) is 19.2 Å². The Morgan fingerprint density at radius 2 is 1.87 bits per heavy atom. The van der Waals surface area contributed by atoms with Crippen LogP contribution in [0.3, 0.4) is 0 Å². The van der Waals surface area contributed by atoms with Crippen LogP contribution < -0.4 is 5.32 Å². The summed E-state index contributed by atoms with van der Waals surface area (Å²) >= 11 is 0. The first-order chi connectivity index (χ1) is 14.0. The van der Waals surface area contributed by atoms with Crippen LogP contribution >= 0.6 is 0 Å². The number of hydrogen-bond donors (Lipinski definition) is 1. The fraction of sp³-hybridized carbons (Fsp3) is 0.294. The molecule has 0 saturated carbocycles. The van der Waals surface area contributed by atoms with Crippen molar-refractivity contribution in [1.82, 2.24) is 24.6 Å². The molecular formula is C17H15F3N6O4. The van der Waals surface area contributed by atoms with E-state index in [1.54, 1.807) is 0 Å². The zero-order chi connectivity index (χ0) is 22.2. The largest absolute Gasteiger partial charge is 0.416 e. The Balaban J connectivity index is 1.87.